The van der Waals surface area contributed by atoms with Gasteiger partial charge >= 0.3 is 0 Å². The molecule has 2 heterocycles. The lowest BCUT2D eigenvalue weighted by molar-refractivity contribution is 0.669. The number of rotatable bonds is 6. The van der Waals surface area contributed by atoms with Gasteiger partial charge in [-0.25, -0.2) is 9.97 Å². The Bertz CT molecular complexity index is 2960. The molecule has 0 amide bonds. The fraction of sp³-hybridized carbons (Fsp3) is 0.0189. The van der Waals surface area contributed by atoms with Crippen molar-refractivity contribution in [3.05, 3.63) is 229 Å². The maximum Gasteiger partial charge on any atom is 0.161 e. The van der Waals surface area contributed by atoms with Crippen LogP contribution in [0, 0.1) is 0 Å². The van der Waals surface area contributed by atoms with Crippen molar-refractivity contribution in [3.8, 4) is 56.2 Å². The van der Waals surface area contributed by atoms with Gasteiger partial charge in [-0.3, -0.25) is 0 Å². The minimum Gasteiger partial charge on any atom is -0.456 e. The van der Waals surface area contributed by atoms with Crippen LogP contribution in [0.3, 0.4) is 0 Å². The lowest BCUT2D eigenvalue weighted by Crippen LogP contribution is -2.28. The highest BCUT2D eigenvalue weighted by atomic mass is 16.3. The minimum atomic E-state index is -0.527. The molecule has 0 aliphatic heterocycles. The van der Waals surface area contributed by atoms with E-state index in [1.807, 2.05) is 24.3 Å². The summed E-state index contributed by atoms with van der Waals surface area (Å²) in [5, 5.41) is 2.04. The topological polar surface area (TPSA) is 38.9 Å². The molecule has 8 aromatic carbocycles. The lowest BCUT2D eigenvalue weighted by Gasteiger charge is -2.34. The van der Waals surface area contributed by atoms with Crippen LogP contribution in [0.4, 0.5) is 0 Å². The van der Waals surface area contributed by atoms with Gasteiger partial charge in [0.05, 0.1) is 16.8 Å². The third-order valence-electron chi connectivity index (χ3n) is 11.4. The molecular formula is C53H34N2O. The first-order valence-electron chi connectivity index (χ1n) is 19.1. The average molecular weight is 715 g/mol. The Morgan fingerprint density at radius 3 is 1.57 bits per heavy atom. The second kappa shape index (κ2) is 12.9. The standard InChI is InChI=1S/C53H34N2O/c1-5-17-35(18-6-1)46-34-47(36-19-7-2-8-20-36)55-52(54-46)51-40(31-32-49-50(51)43-26-14-16-28-48(43)56-49)37-29-30-42-41-25-13-15-27-44(41)53(45(42)33-37,38-21-9-3-10-22-38)39-23-11-4-12-24-39/h1-34H. The Balaban J connectivity index is 1.24. The zero-order chi connectivity index (χ0) is 37.1. The molecule has 3 nitrogen and oxygen atoms in total. The molecule has 3 heteroatoms. The summed E-state index contributed by atoms with van der Waals surface area (Å²) in [7, 11) is 0. The second-order valence-electron chi connectivity index (χ2n) is 14.4. The first-order valence-corrected chi connectivity index (χ1v) is 19.1. The zero-order valence-electron chi connectivity index (χ0n) is 30.4. The van der Waals surface area contributed by atoms with E-state index in [4.69, 9.17) is 14.4 Å². The molecule has 0 bridgehead atoms. The van der Waals surface area contributed by atoms with Gasteiger partial charge in [-0.1, -0.05) is 176 Å². The monoisotopic (exact) mass is 714 g/mol. The van der Waals surface area contributed by atoms with Crippen LogP contribution in [0.1, 0.15) is 22.3 Å². The van der Waals surface area contributed by atoms with Crippen molar-refractivity contribution in [1.29, 1.82) is 0 Å². The first kappa shape index (κ1) is 32.1. The molecule has 11 rings (SSSR count). The highest BCUT2D eigenvalue weighted by Crippen LogP contribution is 2.57. The van der Waals surface area contributed by atoms with Crippen molar-refractivity contribution in [1.82, 2.24) is 9.97 Å². The Morgan fingerprint density at radius 2 is 0.911 bits per heavy atom. The van der Waals surface area contributed by atoms with Crippen LogP contribution in [-0.4, -0.2) is 9.97 Å². The predicted molar refractivity (Wildman–Crippen MR) is 228 cm³/mol. The van der Waals surface area contributed by atoms with Crippen molar-refractivity contribution >= 4 is 21.9 Å². The number of hydrogen-bond donors (Lipinski definition) is 0. The van der Waals surface area contributed by atoms with Gasteiger partial charge in [0.15, 0.2) is 5.82 Å². The van der Waals surface area contributed by atoms with Gasteiger partial charge < -0.3 is 4.42 Å². The van der Waals surface area contributed by atoms with Crippen molar-refractivity contribution in [2.45, 2.75) is 5.41 Å². The predicted octanol–water partition coefficient (Wildman–Crippen LogP) is 13.4. The summed E-state index contributed by atoms with van der Waals surface area (Å²) >= 11 is 0. The Labute approximate surface area is 325 Å². The summed E-state index contributed by atoms with van der Waals surface area (Å²) in [4.78, 5) is 10.8. The van der Waals surface area contributed by atoms with Gasteiger partial charge in [-0.2, -0.15) is 0 Å². The van der Waals surface area contributed by atoms with Crippen LogP contribution in [-0.2, 0) is 5.41 Å². The van der Waals surface area contributed by atoms with Crippen LogP contribution < -0.4 is 0 Å². The number of para-hydroxylation sites is 1. The Hall–Kier alpha value is -7.36. The molecule has 2 aromatic heterocycles. The van der Waals surface area contributed by atoms with Crippen molar-refractivity contribution in [2.75, 3.05) is 0 Å². The van der Waals surface area contributed by atoms with Gasteiger partial charge in [-0.05, 0) is 74.8 Å². The van der Waals surface area contributed by atoms with Crippen LogP contribution in [0.25, 0.3) is 78.1 Å². The molecule has 56 heavy (non-hydrogen) atoms. The van der Waals surface area contributed by atoms with E-state index in [0.29, 0.717) is 5.82 Å². The first-order chi connectivity index (χ1) is 27.8. The Kier molecular flexibility index (Phi) is 7.39. The van der Waals surface area contributed by atoms with Gasteiger partial charge in [0.25, 0.3) is 0 Å². The molecule has 0 spiro atoms. The van der Waals surface area contributed by atoms with Crippen molar-refractivity contribution < 1.29 is 4.42 Å². The number of fused-ring (bicyclic) bond motifs is 6. The lowest BCUT2D eigenvalue weighted by atomic mass is 9.67. The fourth-order valence-corrected chi connectivity index (χ4v) is 8.97. The molecule has 1 aliphatic carbocycles. The largest absolute Gasteiger partial charge is 0.456 e. The Morgan fingerprint density at radius 1 is 0.375 bits per heavy atom. The second-order valence-corrected chi connectivity index (χ2v) is 14.4. The third-order valence-corrected chi connectivity index (χ3v) is 11.4. The number of benzene rings is 8. The number of furan rings is 1. The highest BCUT2D eigenvalue weighted by Gasteiger charge is 2.46. The van der Waals surface area contributed by atoms with Gasteiger partial charge in [0.1, 0.15) is 11.2 Å². The zero-order valence-corrected chi connectivity index (χ0v) is 30.4. The summed E-state index contributed by atoms with van der Waals surface area (Å²) in [5.41, 5.74) is 15.5. The number of aromatic nitrogens is 2. The molecule has 0 atom stereocenters. The fourth-order valence-electron chi connectivity index (χ4n) is 8.97. The van der Waals surface area contributed by atoms with E-state index in [0.717, 1.165) is 61.1 Å². The van der Waals surface area contributed by atoms with E-state index in [1.165, 1.54) is 33.4 Å². The third kappa shape index (κ3) is 4.91. The van der Waals surface area contributed by atoms with Crippen LogP contribution >= 0.6 is 0 Å². The summed E-state index contributed by atoms with van der Waals surface area (Å²) in [6.45, 7) is 0. The van der Waals surface area contributed by atoms with Gasteiger partial charge in [-0.15, -0.1) is 0 Å². The van der Waals surface area contributed by atoms with E-state index in [1.54, 1.807) is 0 Å². The van der Waals surface area contributed by atoms with Crippen LogP contribution in [0.5, 0.6) is 0 Å². The molecule has 0 N–H and O–H groups in total. The summed E-state index contributed by atoms with van der Waals surface area (Å²) in [5.74, 6) is 0.651. The maximum absolute atomic E-state index is 6.54. The molecule has 0 radical (unpaired) electrons. The smallest absolute Gasteiger partial charge is 0.161 e. The molecule has 0 saturated carbocycles. The minimum absolute atomic E-state index is 0.527. The van der Waals surface area contributed by atoms with Gasteiger partial charge in [0, 0.05) is 27.5 Å². The maximum atomic E-state index is 6.54. The van der Waals surface area contributed by atoms with Crippen LogP contribution in [0.15, 0.2) is 211 Å². The molecule has 0 fully saturated rings. The molecule has 0 unspecified atom stereocenters. The van der Waals surface area contributed by atoms with E-state index >= 15 is 0 Å². The SMILES string of the molecule is c1ccc(-c2cc(-c3ccccc3)nc(-c3c(-c4ccc5c(c4)C(c4ccccc4)(c4ccccc4)c4ccccc4-5)ccc4oc5ccccc5c34)n2)cc1. The van der Waals surface area contributed by atoms with Gasteiger partial charge in [0.2, 0.25) is 0 Å². The molecular weight excluding hydrogens is 681 g/mol. The van der Waals surface area contributed by atoms with E-state index in [2.05, 4.69) is 182 Å². The quantitative estimate of drug-likeness (QED) is 0.172. The summed E-state index contributed by atoms with van der Waals surface area (Å²) < 4.78 is 6.54. The normalized spacial score (nSPS) is 12.8. The molecule has 262 valence electrons. The molecule has 1 aliphatic rings. The van der Waals surface area contributed by atoms with E-state index < -0.39 is 5.41 Å². The van der Waals surface area contributed by atoms with Crippen molar-refractivity contribution in [2.24, 2.45) is 0 Å². The average Bonchev–Trinajstić information content (AvgIpc) is 3.81. The summed E-state index contributed by atoms with van der Waals surface area (Å²) in [6, 6.07) is 73.2. The number of nitrogens with zero attached hydrogens (tertiary/aromatic N) is 2. The summed E-state index contributed by atoms with van der Waals surface area (Å²) in [6.07, 6.45) is 0. The molecule has 10 aromatic rings. The highest BCUT2D eigenvalue weighted by molar-refractivity contribution is 6.15. The van der Waals surface area contributed by atoms with Crippen molar-refractivity contribution in [3.63, 3.8) is 0 Å². The molecule has 0 saturated heterocycles. The van der Waals surface area contributed by atoms with E-state index in [9.17, 15) is 0 Å². The van der Waals surface area contributed by atoms with E-state index in [-0.39, 0.29) is 0 Å². The number of hydrogen-bond acceptors (Lipinski definition) is 3. The van der Waals surface area contributed by atoms with Crippen LogP contribution in [0.2, 0.25) is 0 Å².